The Kier molecular flexibility index (Phi) is 3.69. The van der Waals surface area contributed by atoms with Crippen LogP contribution in [0.4, 0.5) is 16.2 Å². The van der Waals surface area contributed by atoms with E-state index in [0.717, 1.165) is 11.8 Å². The average molecular weight is 337 g/mol. The van der Waals surface area contributed by atoms with Gasteiger partial charge in [-0.1, -0.05) is 12.1 Å². The van der Waals surface area contributed by atoms with Crippen LogP contribution in [0.2, 0.25) is 0 Å². The van der Waals surface area contributed by atoms with Crippen molar-refractivity contribution < 1.29 is 12.8 Å². The maximum Gasteiger partial charge on any atom is 0.222 e. The Hall–Kier alpha value is -2.26. The minimum atomic E-state index is -3.46. The number of aromatic nitrogens is 2. The normalized spacial score (nSPS) is 21.0. The molecule has 1 aliphatic rings. The summed E-state index contributed by atoms with van der Waals surface area (Å²) in [7, 11) is -3.46. The third kappa shape index (κ3) is 2.84. The van der Waals surface area contributed by atoms with Crippen molar-refractivity contribution in [1.29, 1.82) is 0 Å². The van der Waals surface area contributed by atoms with E-state index < -0.39 is 15.2 Å². The van der Waals surface area contributed by atoms with Gasteiger partial charge in [0.15, 0.2) is 9.84 Å². The quantitative estimate of drug-likeness (QED) is 0.731. The van der Waals surface area contributed by atoms with Crippen LogP contribution in [-0.2, 0) is 9.84 Å². The monoisotopic (exact) mass is 337 g/mol. The third-order valence-electron chi connectivity index (χ3n) is 3.82. The topological polar surface area (TPSA) is 124 Å². The van der Waals surface area contributed by atoms with Crippen LogP contribution in [0, 0.1) is 5.82 Å². The van der Waals surface area contributed by atoms with E-state index in [1.165, 1.54) is 12.1 Å². The predicted molar refractivity (Wildman–Crippen MR) is 84.7 cm³/mol. The number of hydrogen-bond acceptors (Lipinski definition) is 7. The molecule has 1 aromatic carbocycles. The van der Waals surface area contributed by atoms with E-state index in [9.17, 15) is 12.8 Å². The first-order chi connectivity index (χ1) is 10.8. The van der Waals surface area contributed by atoms with Crippen molar-refractivity contribution in [3.05, 3.63) is 46.9 Å². The molecule has 2 unspecified atom stereocenters. The lowest BCUT2D eigenvalue weighted by atomic mass is 9.89. The van der Waals surface area contributed by atoms with Crippen molar-refractivity contribution in [1.82, 2.24) is 15.3 Å². The molecular weight excluding hydrogens is 321 g/mol. The summed E-state index contributed by atoms with van der Waals surface area (Å²) in [6.07, 6.45) is 1.11. The van der Waals surface area contributed by atoms with Crippen molar-refractivity contribution in [3.63, 3.8) is 0 Å². The molecule has 7 nitrogen and oxygen atoms in total. The molecular formula is C14H16FN5O2S. The van der Waals surface area contributed by atoms with Crippen LogP contribution in [0.1, 0.15) is 28.1 Å². The lowest BCUT2D eigenvalue weighted by Gasteiger charge is -2.31. The van der Waals surface area contributed by atoms with Gasteiger partial charge in [0.2, 0.25) is 5.95 Å². The Morgan fingerprint density at radius 2 is 1.87 bits per heavy atom. The Labute approximate surface area is 132 Å². The lowest BCUT2D eigenvalue weighted by molar-refractivity contribution is 0.521. The first kappa shape index (κ1) is 15.6. The zero-order valence-corrected chi connectivity index (χ0v) is 13.1. The highest BCUT2D eigenvalue weighted by atomic mass is 32.2. The SMILES string of the molecule is CS(=O)(=O)C1NCC(c2ccc(F)cc2)c2nc(N)nc(N)c21. The maximum absolute atomic E-state index is 13.1. The summed E-state index contributed by atoms with van der Waals surface area (Å²) >= 11 is 0. The van der Waals surface area contributed by atoms with Crippen molar-refractivity contribution in [3.8, 4) is 0 Å². The van der Waals surface area contributed by atoms with Gasteiger partial charge in [-0.2, -0.15) is 4.98 Å². The highest BCUT2D eigenvalue weighted by Gasteiger charge is 2.37. The molecule has 0 saturated heterocycles. The van der Waals surface area contributed by atoms with Gasteiger partial charge < -0.3 is 11.5 Å². The van der Waals surface area contributed by atoms with Gasteiger partial charge in [0, 0.05) is 24.3 Å². The van der Waals surface area contributed by atoms with Crippen LogP contribution in [0.3, 0.4) is 0 Å². The standard InChI is InChI=1S/C14H16FN5O2S/c1-23(21,22)13-10-11(19-14(17)20-12(10)16)9(6-18-13)7-2-4-8(15)5-3-7/h2-5,9,13,18H,6H2,1H3,(H4,16,17,19,20). The van der Waals surface area contributed by atoms with E-state index in [-0.39, 0.29) is 23.5 Å². The molecule has 5 N–H and O–H groups in total. The van der Waals surface area contributed by atoms with Crippen LogP contribution in [-0.4, -0.2) is 31.2 Å². The van der Waals surface area contributed by atoms with E-state index in [4.69, 9.17) is 11.5 Å². The van der Waals surface area contributed by atoms with Crippen molar-refractivity contribution in [2.45, 2.75) is 11.3 Å². The van der Waals surface area contributed by atoms with Gasteiger partial charge in [-0.05, 0) is 17.7 Å². The summed E-state index contributed by atoms with van der Waals surface area (Å²) in [5, 5.41) is 1.97. The zero-order valence-electron chi connectivity index (χ0n) is 12.3. The molecule has 0 spiro atoms. The van der Waals surface area contributed by atoms with E-state index in [0.29, 0.717) is 17.8 Å². The summed E-state index contributed by atoms with van der Waals surface area (Å²) in [5.41, 5.74) is 13.1. The van der Waals surface area contributed by atoms with Crippen LogP contribution >= 0.6 is 0 Å². The van der Waals surface area contributed by atoms with E-state index in [1.54, 1.807) is 12.1 Å². The summed E-state index contributed by atoms with van der Waals surface area (Å²) in [6, 6.07) is 5.93. The minimum absolute atomic E-state index is 0.0255. The summed E-state index contributed by atoms with van der Waals surface area (Å²) < 4.78 is 37.2. The number of benzene rings is 1. The molecule has 9 heteroatoms. The summed E-state index contributed by atoms with van der Waals surface area (Å²) in [5.74, 6) is -0.644. The van der Waals surface area contributed by atoms with Gasteiger partial charge in [-0.3, -0.25) is 5.32 Å². The predicted octanol–water partition coefficient (Wildman–Crippen LogP) is 0.558. The van der Waals surface area contributed by atoms with E-state index >= 15 is 0 Å². The summed E-state index contributed by atoms with van der Waals surface area (Å²) in [4.78, 5) is 8.08. The molecule has 0 radical (unpaired) electrons. The van der Waals surface area contributed by atoms with Gasteiger partial charge in [-0.15, -0.1) is 0 Å². The van der Waals surface area contributed by atoms with Crippen molar-refractivity contribution >= 4 is 21.6 Å². The van der Waals surface area contributed by atoms with Crippen molar-refractivity contribution in [2.24, 2.45) is 0 Å². The molecule has 0 aliphatic carbocycles. The highest BCUT2D eigenvalue weighted by molar-refractivity contribution is 7.90. The second-order valence-electron chi connectivity index (χ2n) is 5.49. The molecule has 0 fully saturated rings. The van der Waals surface area contributed by atoms with E-state index in [2.05, 4.69) is 15.3 Å². The van der Waals surface area contributed by atoms with E-state index in [1.807, 2.05) is 0 Å². The number of rotatable bonds is 2. The number of nitrogen functional groups attached to an aromatic ring is 2. The number of nitrogens with zero attached hydrogens (tertiary/aromatic N) is 2. The van der Waals surface area contributed by atoms with Crippen molar-refractivity contribution in [2.75, 3.05) is 24.3 Å². The number of halogens is 1. The molecule has 1 aromatic heterocycles. The second kappa shape index (κ2) is 5.43. The number of anilines is 2. The third-order valence-corrected chi connectivity index (χ3v) is 5.08. The summed E-state index contributed by atoms with van der Waals surface area (Å²) in [6.45, 7) is 0.312. The fourth-order valence-electron chi connectivity index (χ4n) is 2.82. The first-order valence-corrected chi connectivity index (χ1v) is 8.83. The Bertz CT molecular complexity index is 854. The number of fused-ring (bicyclic) bond motifs is 1. The zero-order chi connectivity index (χ0) is 16.8. The Morgan fingerprint density at radius 1 is 1.22 bits per heavy atom. The molecule has 0 saturated carbocycles. The minimum Gasteiger partial charge on any atom is -0.383 e. The van der Waals surface area contributed by atoms with Gasteiger partial charge >= 0.3 is 0 Å². The highest BCUT2D eigenvalue weighted by Crippen LogP contribution is 2.38. The molecule has 3 rings (SSSR count). The Morgan fingerprint density at radius 3 is 2.48 bits per heavy atom. The van der Waals surface area contributed by atoms with Gasteiger partial charge in [0.05, 0.1) is 5.69 Å². The molecule has 2 heterocycles. The van der Waals surface area contributed by atoms with Crippen LogP contribution in [0.5, 0.6) is 0 Å². The van der Waals surface area contributed by atoms with Gasteiger partial charge in [-0.25, -0.2) is 17.8 Å². The molecule has 23 heavy (non-hydrogen) atoms. The molecule has 0 amide bonds. The van der Waals surface area contributed by atoms with Gasteiger partial charge in [0.25, 0.3) is 0 Å². The lowest BCUT2D eigenvalue weighted by Crippen LogP contribution is -2.39. The van der Waals surface area contributed by atoms with Crippen LogP contribution < -0.4 is 16.8 Å². The molecule has 1 aliphatic heterocycles. The largest absolute Gasteiger partial charge is 0.383 e. The fourth-order valence-corrected chi connectivity index (χ4v) is 3.89. The second-order valence-corrected chi connectivity index (χ2v) is 7.62. The average Bonchev–Trinajstić information content (AvgIpc) is 2.46. The van der Waals surface area contributed by atoms with Gasteiger partial charge in [0.1, 0.15) is 17.0 Å². The maximum atomic E-state index is 13.1. The van der Waals surface area contributed by atoms with Crippen LogP contribution in [0.15, 0.2) is 24.3 Å². The molecule has 0 bridgehead atoms. The number of sulfone groups is 1. The first-order valence-electron chi connectivity index (χ1n) is 6.88. The fraction of sp³-hybridized carbons (Fsp3) is 0.286. The number of hydrogen-bond donors (Lipinski definition) is 3. The van der Waals surface area contributed by atoms with Crippen LogP contribution in [0.25, 0.3) is 0 Å². The number of nitrogens with one attached hydrogen (secondary N) is 1. The molecule has 2 atom stereocenters. The Balaban J connectivity index is 2.19. The number of nitrogens with two attached hydrogens (primary N) is 2. The smallest absolute Gasteiger partial charge is 0.222 e. The molecule has 2 aromatic rings. The molecule has 122 valence electrons.